The summed E-state index contributed by atoms with van der Waals surface area (Å²) in [6, 6.07) is 0. The first-order valence-corrected chi connectivity index (χ1v) is 4.04. The number of hydrogen-bond donors (Lipinski definition) is 3. The molecule has 5 N–H and O–H groups in total. The topological polar surface area (TPSA) is 76.4 Å². The Morgan fingerprint density at radius 3 is 2.64 bits per heavy atom. The Bertz CT molecular complexity index is 155. The fraction of sp³-hybridized carbons (Fsp3) is 0.857. The molecule has 4 nitrogen and oxygen atoms in total. The highest BCUT2D eigenvalue weighted by Gasteiger charge is 2.27. The number of hydrazone groups is 1. The zero-order valence-corrected chi connectivity index (χ0v) is 6.88. The number of hydrogen-bond acceptors (Lipinski definition) is 3. The van der Waals surface area contributed by atoms with E-state index in [2.05, 4.69) is 17.5 Å². The molecular weight excluding hydrogens is 140 g/mol. The summed E-state index contributed by atoms with van der Waals surface area (Å²) in [5.74, 6) is 12.3. The van der Waals surface area contributed by atoms with Gasteiger partial charge >= 0.3 is 0 Å². The second kappa shape index (κ2) is 3.57. The first kappa shape index (κ1) is 8.33. The molecule has 0 spiro atoms. The van der Waals surface area contributed by atoms with E-state index in [0.29, 0.717) is 11.8 Å². The summed E-state index contributed by atoms with van der Waals surface area (Å²) in [6.07, 6.45) is 3.67. The predicted molar refractivity (Wildman–Crippen MR) is 45.5 cm³/mol. The highest BCUT2D eigenvalue weighted by Crippen LogP contribution is 2.31. The van der Waals surface area contributed by atoms with Gasteiger partial charge in [-0.05, 0) is 18.8 Å². The van der Waals surface area contributed by atoms with Gasteiger partial charge in [-0.3, -0.25) is 0 Å². The molecule has 2 unspecified atom stereocenters. The zero-order valence-electron chi connectivity index (χ0n) is 6.88. The largest absolute Gasteiger partial charge is 0.322 e. The molecule has 1 rings (SSSR count). The van der Waals surface area contributed by atoms with Gasteiger partial charge in [0, 0.05) is 5.92 Å². The van der Waals surface area contributed by atoms with Gasteiger partial charge in [-0.1, -0.05) is 13.3 Å². The van der Waals surface area contributed by atoms with Crippen molar-refractivity contribution in [2.45, 2.75) is 26.2 Å². The van der Waals surface area contributed by atoms with Gasteiger partial charge in [0.05, 0.1) is 0 Å². The third-order valence-electron chi connectivity index (χ3n) is 2.50. The van der Waals surface area contributed by atoms with Crippen molar-refractivity contribution in [3.8, 4) is 0 Å². The van der Waals surface area contributed by atoms with E-state index >= 15 is 0 Å². The Morgan fingerprint density at radius 2 is 2.27 bits per heavy atom. The van der Waals surface area contributed by atoms with E-state index in [1.54, 1.807) is 0 Å². The van der Waals surface area contributed by atoms with Gasteiger partial charge in [0.15, 0.2) is 0 Å². The summed E-state index contributed by atoms with van der Waals surface area (Å²) >= 11 is 0. The fourth-order valence-electron chi connectivity index (χ4n) is 1.79. The van der Waals surface area contributed by atoms with Gasteiger partial charge < -0.3 is 11.3 Å². The van der Waals surface area contributed by atoms with Crippen LogP contribution in [0.3, 0.4) is 0 Å². The van der Waals surface area contributed by atoms with Crippen molar-refractivity contribution in [1.29, 1.82) is 0 Å². The molecule has 0 aliphatic heterocycles. The van der Waals surface area contributed by atoms with Crippen molar-refractivity contribution in [2.75, 3.05) is 0 Å². The molecule has 0 aromatic carbocycles. The maximum absolute atomic E-state index is 5.26. The van der Waals surface area contributed by atoms with Crippen molar-refractivity contribution >= 4 is 5.84 Å². The van der Waals surface area contributed by atoms with Gasteiger partial charge in [0.25, 0.3) is 0 Å². The molecule has 0 bridgehead atoms. The molecule has 0 radical (unpaired) electrons. The Morgan fingerprint density at radius 1 is 1.55 bits per heavy atom. The quantitative estimate of drug-likeness (QED) is 0.219. The monoisotopic (exact) mass is 156 g/mol. The van der Waals surface area contributed by atoms with Gasteiger partial charge in [-0.25, -0.2) is 5.84 Å². The van der Waals surface area contributed by atoms with E-state index in [1.807, 2.05) is 0 Å². The van der Waals surface area contributed by atoms with Crippen LogP contribution in [0.15, 0.2) is 5.10 Å². The summed E-state index contributed by atoms with van der Waals surface area (Å²) in [5, 5.41) is 3.62. The normalized spacial score (nSPS) is 32.4. The van der Waals surface area contributed by atoms with Crippen LogP contribution in [0.2, 0.25) is 0 Å². The van der Waals surface area contributed by atoms with Gasteiger partial charge in [-0.15, -0.1) is 0 Å². The van der Waals surface area contributed by atoms with Crippen LogP contribution in [0.5, 0.6) is 0 Å². The molecule has 1 saturated carbocycles. The Balaban J connectivity index is 2.57. The van der Waals surface area contributed by atoms with Crippen molar-refractivity contribution in [3.05, 3.63) is 0 Å². The third-order valence-corrected chi connectivity index (χ3v) is 2.50. The van der Waals surface area contributed by atoms with Gasteiger partial charge in [0.2, 0.25) is 0 Å². The summed E-state index contributed by atoms with van der Waals surface area (Å²) in [5.41, 5.74) is 2.55. The fourth-order valence-corrected chi connectivity index (χ4v) is 1.79. The molecule has 2 atom stereocenters. The van der Waals surface area contributed by atoms with Crippen LogP contribution in [-0.2, 0) is 0 Å². The van der Waals surface area contributed by atoms with E-state index < -0.39 is 0 Å². The highest BCUT2D eigenvalue weighted by atomic mass is 15.3. The van der Waals surface area contributed by atoms with Crippen molar-refractivity contribution in [3.63, 3.8) is 0 Å². The SMILES string of the molecule is CC1CCCC1/C(=N/N)NN. The average Bonchev–Trinajstić information content (AvgIpc) is 2.40. The number of nitrogens with zero attached hydrogens (tertiary/aromatic N) is 1. The maximum atomic E-state index is 5.26. The molecule has 0 aromatic rings. The smallest absolute Gasteiger partial charge is 0.139 e. The van der Waals surface area contributed by atoms with Crippen LogP contribution in [0, 0.1) is 11.8 Å². The number of rotatable bonds is 1. The maximum Gasteiger partial charge on any atom is 0.139 e. The van der Waals surface area contributed by atoms with E-state index in [-0.39, 0.29) is 0 Å². The van der Waals surface area contributed by atoms with Gasteiger partial charge in [-0.2, -0.15) is 5.10 Å². The lowest BCUT2D eigenvalue weighted by molar-refractivity contribution is 0.517. The molecule has 11 heavy (non-hydrogen) atoms. The minimum atomic E-state index is 0.449. The summed E-state index contributed by atoms with van der Waals surface area (Å²) < 4.78 is 0. The lowest BCUT2D eigenvalue weighted by Gasteiger charge is -2.15. The highest BCUT2D eigenvalue weighted by molar-refractivity contribution is 5.84. The second-order valence-corrected chi connectivity index (χ2v) is 3.17. The molecule has 0 aromatic heterocycles. The standard InChI is InChI=1S/C7H16N4/c1-5-3-2-4-6(5)7(10-8)11-9/h5-6H,2-4,8-9H2,1H3,(H,10,11). The first-order valence-electron chi connectivity index (χ1n) is 4.04. The Hall–Kier alpha value is -0.770. The number of amidine groups is 1. The first-order chi connectivity index (χ1) is 5.29. The Kier molecular flexibility index (Phi) is 2.70. The average molecular weight is 156 g/mol. The second-order valence-electron chi connectivity index (χ2n) is 3.17. The molecule has 0 saturated heterocycles. The summed E-state index contributed by atoms with van der Waals surface area (Å²) in [4.78, 5) is 0. The zero-order chi connectivity index (χ0) is 8.27. The molecule has 1 aliphatic rings. The molecule has 0 heterocycles. The van der Waals surface area contributed by atoms with E-state index in [4.69, 9.17) is 11.7 Å². The lowest BCUT2D eigenvalue weighted by Crippen LogP contribution is -2.38. The van der Waals surface area contributed by atoms with Crippen LogP contribution in [0.1, 0.15) is 26.2 Å². The van der Waals surface area contributed by atoms with Crippen LogP contribution >= 0.6 is 0 Å². The van der Waals surface area contributed by atoms with Crippen LogP contribution in [0.25, 0.3) is 0 Å². The summed E-state index contributed by atoms with van der Waals surface area (Å²) in [6.45, 7) is 2.21. The molecule has 4 heteroatoms. The van der Waals surface area contributed by atoms with Crippen molar-refractivity contribution < 1.29 is 0 Å². The molecule has 1 aliphatic carbocycles. The molecule has 1 fully saturated rings. The predicted octanol–water partition coefficient (Wildman–Crippen LogP) is 0.158. The van der Waals surface area contributed by atoms with Crippen LogP contribution in [-0.4, -0.2) is 5.84 Å². The van der Waals surface area contributed by atoms with Gasteiger partial charge in [0.1, 0.15) is 5.84 Å². The number of hydrazine groups is 1. The minimum absolute atomic E-state index is 0.449. The van der Waals surface area contributed by atoms with E-state index in [1.165, 1.54) is 12.8 Å². The van der Waals surface area contributed by atoms with Crippen molar-refractivity contribution in [2.24, 2.45) is 28.6 Å². The molecule has 64 valence electrons. The minimum Gasteiger partial charge on any atom is -0.322 e. The third kappa shape index (κ3) is 1.63. The molecule has 0 amide bonds. The number of nitrogens with one attached hydrogen (secondary N) is 1. The lowest BCUT2D eigenvalue weighted by atomic mass is 9.97. The van der Waals surface area contributed by atoms with E-state index in [9.17, 15) is 0 Å². The Labute approximate surface area is 67.0 Å². The van der Waals surface area contributed by atoms with Crippen LogP contribution < -0.4 is 17.1 Å². The summed E-state index contributed by atoms with van der Waals surface area (Å²) in [7, 11) is 0. The van der Waals surface area contributed by atoms with Crippen LogP contribution in [0.4, 0.5) is 0 Å². The van der Waals surface area contributed by atoms with E-state index in [0.717, 1.165) is 12.3 Å². The molecular formula is C7H16N4. The number of nitrogens with two attached hydrogens (primary N) is 2. The van der Waals surface area contributed by atoms with Crippen molar-refractivity contribution in [1.82, 2.24) is 5.43 Å².